The quantitative estimate of drug-likeness (QED) is 0.789. The van der Waals surface area contributed by atoms with Gasteiger partial charge in [-0.3, -0.25) is 0 Å². The van der Waals surface area contributed by atoms with Crippen LogP contribution in [0, 0.1) is 0 Å². The van der Waals surface area contributed by atoms with Crippen molar-refractivity contribution in [1.82, 2.24) is 9.88 Å². The summed E-state index contributed by atoms with van der Waals surface area (Å²) >= 11 is 0. The summed E-state index contributed by atoms with van der Waals surface area (Å²) in [6.07, 6.45) is 3.53. The van der Waals surface area contributed by atoms with E-state index in [1.54, 1.807) is 12.3 Å². The molecule has 2 aromatic rings. The van der Waals surface area contributed by atoms with Gasteiger partial charge in [-0.25, -0.2) is 9.78 Å². The van der Waals surface area contributed by atoms with Gasteiger partial charge in [0.15, 0.2) is 0 Å². The maximum Gasteiger partial charge on any atom is 0.339 e. The van der Waals surface area contributed by atoms with Gasteiger partial charge in [-0.1, -0.05) is 24.3 Å². The normalized spacial score (nSPS) is 17.0. The number of ether oxygens (including phenoxy) is 1. The lowest BCUT2D eigenvalue weighted by atomic mass is 9.83. The Morgan fingerprint density at radius 1 is 1.25 bits per heavy atom. The van der Waals surface area contributed by atoms with Crippen LogP contribution in [0.3, 0.4) is 0 Å². The van der Waals surface area contributed by atoms with Crippen LogP contribution in [-0.4, -0.2) is 46.7 Å². The van der Waals surface area contributed by atoms with E-state index >= 15 is 0 Å². The highest BCUT2D eigenvalue weighted by Crippen LogP contribution is 2.38. The number of carboxylic acid groups (broad SMARTS) is 1. The van der Waals surface area contributed by atoms with Crippen LogP contribution in [-0.2, 0) is 10.3 Å². The number of nitrogen functional groups attached to an aromatic ring is 1. The third-order valence-corrected chi connectivity index (χ3v) is 5.65. The van der Waals surface area contributed by atoms with Crippen molar-refractivity contribution in [1.29, 1.82) is 0 Å². The number of aromatic nitrogens is 1. The summed E-state index contributed by atoms with van der Waals surface area (Å²) in [4.78, 5) is 17.8. The SMILES string of the molecule is CCOC1(c2ccc(-c3cnc(N)c(C(=O)O)c3)cc2)CCN(C(C)C)CC1. The van der Waals surface area contributed by atoms with Gasteiger partial charge >= 0.3 is 5.97 Å². The molecule has 0 saturated carbocycles. The number of benzene rings is 1. The van der Waals surface area contributed by atoms with Crippen molar-refractivity contribution in [2.24, 2.45) is 0 Å². The lowest BCUT2D eigenvalue weighted by Gasteiger charge is -2.43. The highest BCUT2D eigenvalue weighted by atomic mass is 16.5. The summed E-state index contributed by atoms with van der Waals surface area (Å²) in [5, 5.41) is 9.26. The van der Waals surface area contributed by atoms with E-state index in [1.807, 2.05) is 19.1 Å². The Morgan fingerprint density at radius 3 is 2.43 bits per heavy atom. The number of nitrogens with zero attached hydrogens (tertiary/aromatic N) is 2. The Labute approximate surface area is 166 Å². The first-order valence-corrected chi connectivity index (χ1v) is 9.84. The van der Waals surface area contributed by atoms with Gasteiger partial charge in [-0.2, -0.15) is 0 Å². The summed E-state index contributed by atoms with van der Waals surface area (Å²) in [6, 6.07) is 10.3. The fourth-order valence-corrected chi connectivity index (χ4v) is 3.97. The number of hydrogen-bond donors (Lipinski definition) is 2. The molecule has 0 radical (unpaired) electrons. The molecule has 0 aliphatic carbocycles. The predicted molar refractivity (Wildman–Crippen MR) is 110 cm³/mol. The molecule has 1 saturated heterocycles. The first kappa shape index (κ1) is 20.3. The first-order chi connectivity index (χ1) is 13.4. The Balaban J connectivity index is 1.86. The van der Waals surface area contributed by atoms with Gasteiger partial charge in [0.05, 0.1) is 5.60 Å². The molecule has 28 heavy (non-hydrogen) atoms. The lowest BCUT2D eigenvalue weighted by Crippen LogP contribution is -2.46. The Kier molecular flexibility index (Phi) is 6.01. The van der Waals surface area contributed by atoms with Crippen LogP contribution in [0.15, 0.2) is 36.5 Å². The fraction of sp³-hybridized carbons (Fsp3) is 0.455. The number of rotatable bonds is 6. The molecule has 3 N–H and O–H groups in total. The van der Waals surface area contributed by atoms with Gasteiger partial charge in [-0.15, -0.1) is 0 Å². The lowest BCUT2D eigenvalue weighted by molar-refractivity contribution is -0.0886. The van der Waals surface area contributed by atoms with Gasteiger partial charge in [-0.05, 0) is 50.8 Å². The molecular formula is C22H29N3O3. The van der Waals surface area contributed by atoms with E-state index < -0.39 is 5.97 Å². The fourth-order valence-electron chi connectivity index (χ4n) is 3.97. The maximum atomic E-state index is 11.3. The number of hydrogen-bond acceptors (Lipinski definition) is 5. The summed E-state index contributed by atoms with van der Waals surface area (Å²) < 4.78 is 6.26. The zero-order valence-corrected chi connectivity index (χ0v) is 16.8. The molecular weight excluding hydrogens is 354 g/mol. The molecule has 1 aliphatic rings. The zero-order chi connectivity index (χ0) is 20.3. The van der Waals surface area contributed by atoms with E-state index in [0.29, 0.717) is 12.6 Å². The minimum absolute atomic E-state index is 0.0217. The second kappa shape index (κ2) is 8.29. The van der Waals surface area contributed by atoms with Crippen LogP contribution in [0.5, 0.6) is 0 Å². The number of nitrogens with two attached hydrogens (primary N) is 1. The molecule has 2 heterocycles. The van der Waals surface area contributed by atoms with Gasteiger partial charge in [0, 0.05) is 37.5 Å². The molecule has 3 rings (SSSR count). The van der Waals surface area contributed by atoms with Crippen LogP contribution in [0.4, 0.5) is 5.82 Å². The summed E-state index contributed by atoms with van der Waals surface area (Å²) in [5.41, 5.74) is 8.23. The van der Waals surface area contributed by atoms with Crippen LogP contribution in [0.2, 0.25) is 0 Å². The molecule has 6 nitrogen and oxygen atoms in total. The number of likely N-dealkylation sites (tertiary alicyclic amines) is 1. The first-order valence-electron chi connectivity index (χ1n) is 9.84. The van der Waals surface area contributed by atoms with Crippen molar-refractivity contribution >= 4 is 11.8 Å². The maximum absolute atomic E-state index is 11.3. The van der Waals surface area contributed by atoms with E-state index in [0.717, 1.165) is 37.1 Å². The second-order valence-corrected chi connectivity index (χ2v) is 7.60. The molecule has 6 heteroatoms. The topological polar surface area (TPSA) is 88.7 Å². The van der Waals surface area contributed by atoms with Crippen molar-refractivity contribution in [3.05, 3.63) is 47.7 Å². The highest BCUT2D eigenvalue weighted by molar-refractivity contribution is 5.94. The van der Waals surface area contributed by atoms with E-state index in [9.17, 15) is 9.90 Å². The van der Waals surface area contributed by atoms with Gasteiger partial charge in [0.25, 0.3) is 0 Å². The molecule has 1 aliphatic heterocycles. The predicted octanol–water partition coefficient (Wildman–Crippen LogP) is 3.77. The average Bonchev–Trinajstić information content (AvgIpc) is 2.69. The highest BCUT2D eigenvalue weighted by Gasteiger charge is 2.37. The second-order valence-electron chi connectivity index (χ2n) is 7.60. The summed E-state index contributed by atoms with van der Waals surface area (Å²) in [6.45, 7) is 9.21. The third-order valence-electron chi connectivity index (χ3n) is 5.65. The minimum Gasteiger partial charge on any atom is -0.478 e. The van der Waals surface area contributed by atoms with E-state index in [1.165, 1.54) is 5.56 Å². The Bertz CT molecular complexity index is 825. The van der Waals surface area contributed by atoms with Crippen molar-refractivity contribution in [2.75, 3.05) is 25.4 Å². The molecule has 1 aromatic heterocycles. The third kappa shape index (κ3) is 4.03. The number of carbonyl (C=O) groups is 1. The van der Waals surface area contributed by atoms with Gasteiger partial charge < -0.3 is 20.5 Å². The minimum atomic E-state index is -1.07. The molecule has 0 spiro atoms. The number of piperidine rings is 1. The van der Waals surface area contributed by atoms with Crippen LogP contribution in [0.1, 0.15) is 49.5 Å². The number of pyridine rings is 1. The largest absolute Gasteiger partial charge is 0.478 e. The molecule has 1 aromatic carbocycles. The molecule has 150 valence electrons. The van der Waals surface area contributed by atoms with Crippen molar-refractivity contribution in [2.45, 2.75) is 45.3 Å². The van der Waals surface area contributed by atoms with Crippen molar-refractivity contribution in [3.8, 4) is 11.1 Å². The monoisotopic (exact) mass is 383 g/mol. The zero-order valence-electron chi connectivity index (χ0n) is 16.8. The summed E-state index contributed by atoms with van der Waals surface area (Å²) in [5.74, 6) is -1.05. The molecule has 0 amide bonds. The Morgan fingerprint density at radius 2 is 1.89 bits per heavy atom. The van der Waals surface area contributed by atoms with Crippen LogP contribution in [0.25, 0.3) is 11.1 Å². The number of carboxylic acids is 1. The number of aromatic carboxylic acids is 1. The smallest absolute Gasteiger partial charge is 0.339 e. The van der Waals surface area contributed by atoms with Gasteiger partial charge in [0.1, 0.15) is 11.4 Å². The van der Waals surface area contributed by atoms with E-state index in [4.69, 9.17) is 10.5 Å². The van der Waals surface area contributed by atoms with E-state index in [2.05, 4.69) is 35.9 Å². The Hall–Kier alpha value is -2.44. The van der Waals surface area contributed by atoms with Gasteiger partial charge in [0.2, 0.25) is 0 Å². The van der Waals surface area contributed by atoms with Crippen LogP contribution < -0.4 is 5.73 Å². The van der Waals surface area contributed by atoms with Crippen molar-refractivity contribution in [3.63, 3.8) is 0 Å². The molecule has 0 atom stereocenters. The molecule has 0 bridgehead atoms. The van der Waals surface area contributed by atoms with Crippen LogP contribution >= 0.6 is 0 Å². The molecule has 0 unspecified atom stereocenters. The van der Waals surface area contributed by atoms with E-state index in [-0.39, 0.29) is 17.0 Å². The summed E-state index contributed by atoms with van der Waals surface area (Å²) in [7, 11) is 0. The standard InChI is InChI=1S/C22H29N3O3/c1-4-28-22(9-11-25(12-10-22)15(2)3)18-7-5-16(6-8-18)17-13-19(21(26)27)20(23)24-14-17/h5-8,13-15H,4,9-12H2,1-3H3,(H2,23,24)(H,26,27). The van der Waals surface area contributed by atoms with Crippen molar-refractivity contribution < 1.29 is 14.6 Å². The average molecular weight is 383 g/mol. The number of anilines is 1. The molecule has 1 fully saturated rings.